The van der Waals surface area contributed by atoms with Crippen LogP contribution in [0.3, 0.4) is 0 Å². The summed E-state index contributed by atoms with van der Waals surface area (Å²) < 4.78 is 5.52. The van der Waals surface area contributed by atoms with Crippen LogP contribution in [0.5, 0.6) is 5.75 Å². The van der Waals surface area contributed by atoms with Crippen LogP contribution in [0.4, 0.5) is 11.4 Å². The van der Waals surface area contributed by atoms with E-state index in [2.05, 4.69) is 12.2 Å². The van der Waals surface area contributed by atoms with Crippen molar-refractivity contribution in [2.75, 3.05) is 24.2 Å². The van der Waals surface area contributed by atoms with Crippen molar-refractivity contribution >= 4 is 11.4 Å². The van der Waals surface area contributed by atoms with E-state index in [4.69, 9.17) is 10.5 Å². The molecular formula is C17H28N2O. The first-order valence-electron chi connectivity index (χ1n) is 7.94. The van der Waals surface area contributed by atoms with Gasteiger partial charge in [-0.3, -0.25) is 0 Å². The maximum Gasteiger partial charge on any atom is 0.123 e. The zero-order chi connectivity index (χ0) is 14.4. The lowest BCUT2D eigenvalue weighted by molar-refractivity contribution is 0.282. The molecule has 1 aromatic rings. The molecule has 1 aromatic carbocycles. The Labute approximate surface area is 122 Å². The highest BCUT2D eigenvalue weighted by atomic mass is 16.5. The van der Waals surface area contributed by atoms with Crippen LogP contribution in [0.1, 0.15) is 46.0 Å². The van der Waals surface area contributed by atoms with Crippen molar-refractivity contribution in [3.8, 4) is 5.75 Å². The van der Waals surface area contributed by atoms with E-state index < -0.39 is 0 Å². The minimum absolute atomic E-state index is 0.670. The normalized spacial score (nSPS) is 22.5. The van der Waals surface area contributed by atoms with Crippen molar-refractivity contribution in [1.82, 2.24) is 0 Å². The summed E-state index contributed by atoms with van der Waals surface area (Å²) in [6, 6.07) is 5.88. The molecular weight excluding hydrogens is 248 g/mol. The van der Waals surface area contributed by atoms with Crippen LogP contribution < -0.4 is 15.8 Å². The second kappa shape index (κ2) is 7.41. The quantitative estimate of drug-likeness (QED) is 0.762. The van der Waals surface area contributed by atoms with Gasteiger partial charge < -0.3 is 15.8 Å². The van der Waals surface area contributed by atoms with Crippen LogP contribution >= 0.6 is 0 Å². The zero-order valence-corrected chi connectivity index (χ0v) is 12.8. The van der Waals surface area contributed by atoms with Crippen molar-refractivity contribution in [2.45, 2.75) is 46.0 Å². The molecule has 112 valence electrons. The van der Waals surface area contributed by atoms with Gasteiger partial charge in [0.1, 0.15) is 5.75 Å². The molecule has 3 nitrogen and oxygen atoms in total. The lowest BCUT2D eigenvalue weighted by atomic mass is 9.81. The third-order valence-corrected chi connectivity index (χ3v) is 4.26. The minimum Gasteiger partial charge on any atom is -0.494 e. The average molecular weight is 276 g/mol. The van der Waals surface area contributed by atoms with E-state index in [1.54, 1.807) is 0 Å². The molecule has 0 unspecified atom stereocenters. The SMILES string of the molecule is CCOc1cc(N)cc(NCCC2CCC(C)CC2)c1. The summed E-state index contributed by atoms with van der Waals surface area (Å²) in [5.41, 5.74) is 7.72. The Morgan fingerprint density at radius 2 is 1.95 bits per heavy atom. The number of nitrogen functional groups attached to an aromatic ring is 1. The van der Waals surface area contributed by atoms with Crippen LogP contribution in [-0.2, 0) is 0 Å². The van der Waals surface area contributed by atoms with Gasteiger partial charge in [-0.15, -0.1) is 0 Å². The van der Waals surface area contributed by atoms with Crippen LogP contribution in [0.2, 0.25) is 0 Å². The highest BCUT2D eigenvalue weighted by molar-refractivity contribution is 5.59. The Balaban J connectivity index is 1.78. The van der Waals surface area contributed by atoms with Crippen molar-refractivity contribution in [3.05, 3.63) is 18.2 Å². The van der Waals surface area contributed by atoms with Gasteiger partial charge in [-0.05, 0) is 31.2 Å². The predicted octanol–water partition coefficient (Wildman–Crippen LogP) is 4.30. The first-order chi connectivity index (χ1) is 9.67. The van der Waals surface area contributed by atoms with E-state index in [9.17, 15) is 0 Å². The molecule has 1 fully saturated rings. The van der Waals surface area contributed by atoms with Crippen molar-refractivity contribution < 1.29 is 4.74 Å². The summed E-state index contributed by atoms with van der Waals surface area (Å²) in [5.74, 6) is 2.68. The van der Waals surface area contributed by atoms with Gasteiger partial charge in [-0.25, -0.2) is 0 Å². The van der Waals surface area contributed by atoms with Crippen molar-refractivity contribution in [1.29, 1.82) is 0 Å². The van der Waals surface area contributed by atoms with Gasteiger partial charge in [0, 0.05) is 30.1 Å². The van der Waals surface area contributed by atoms with Gasteiger partial charge in [-0.1, -0.05) is 32.6 Å². The highest BCUT2D eigenvalue weighted by Crippen LogP contribution is 2.30. The lowest BCUT2D eigenvalue weighted by Gasteiger charge is -2.26. The first kappa shape index (κ1) is 15.0. The molecule has 3 N–H and O–H groups in total. The van der Waals surface area contributed by atoms with Gasteiger partial charge in [0.15, 0.2) is 0 Å². The van der Waals surface area contributed by atoms with E-state index in [-0.39, 0.29) is 0 Å². The number of hydrogen-bond donors (Lipinski definition) is 2. The van der Waals surface area contributed by atoms with E-state index in [0.29, 0.717) is 6.61 Å². The van der Waals surface area contributed by atoms with E-state index in [1.807, 2.05) is 25.1 Å². The minimum atomic E-state index is 0.670. The standard InChI is InChI=1S/C17H28N2O/c1-3-20-17-11-15(18)10-16(12-17)19-9-8-14-6-4-13(2)5-7-14/h10-14,19H,3-9,18H2,1-2H3. The fraction of sp³-hybridized carbons (Fsp3) is 0.647. The van der Waals surface area contributed by atoms with Gasteiger partial charge in [0.05, 0.1) is 6.61 Å². The summed E-state index contributed by atoms with van der Waals surface area (Å²) in [7, 11) is 0. The van der Waals surface area contributed by atoms with Crippen LogP contribution in [0.25, 0.3) is 0 Å². The number of ether oxygens (including phenoxy) is 1. The van der Waals surface area contributed by atoms with Gasteiger partial charge >= 0.3 is 0 Å². The maximum atomic E-state index is 5.90. The molecule has 0 bridgehead atoms. The van der Waals surface area contributed by atoms with Crippen LogP contribution in [0.15, 0.2) is 18.2 Å². The highest BCUT2D eigenvalue weighted by Gasteiger charge is 2.17. The Kier molecular flexibility index (Phi) is 5.57. The third-order valence-electron chi connectivity index (χ3n) is 4.26. The number of hydrogen-bond acceptors (Lipinski definition) is 3. The van der Waals surface area contributed by atoms with Crippen molar-refractivity contribution in [3.63, 3.8) is 0 Å². The van der Waals surface area contributed by atoms with Crippen LogP contribution in [0, 0.1) is 11.8 Å². The maximum absolute atomic E-state index is 5.90. The number of nitrogens with two attached hydrogens (primary N) is 1. The van der Waals surface area contributed by atoms with E-state index in [1.165, 1.54) is 32.1 Å². The molecule has 0 aliphatic heterocycles. The van der Waals surface area contributed by atoms with E-state index in [0.717, 1.165) is 35.5 Å². The van der Waals surface area contributed by atoms with Gasteiger partial charge in [-0.2, -0.15) is 0 Å². The molecule has 20 heavy (non-hydrogen) atoms. The summed E-state index contributed by atoms with van der Waals surface area (Å²) in [6.45, 7) is 6.05. The molecule has 0 radical (unpaired) electrons. The molecule has 0 saturated heterocycles. The lowest BCUT2D eigenvalue weighted by Crippen LogP contribution is -2.15. The molecule has 0 spiro atoms. The summed E-state index contributed by atoms with van der Waals surface area (Å²) in [4.78, 5) is 0. The Hall–Kier alpha value is -1.38. The van der Waals surface area contributed by atoms with Gasteiger partial charge in [0.25, 0.3) is 0 Å². The molecule has 1 saturated carbocycles. The number of benzene rings is 1. The van der Waals surface area contributed by atoms with Gasteiger partial charge in [0.2, 0.25) is 0 Å². The molecule has 0 atom stereocenters. The monoisotopic (exact) mass is 276 g/mol. The van der Waals surface area contributed by atoms with E-state index >= 15 is 0 Å². The molecule has 0 aromatic heterocycles. The zero-order valence-electron chi connectivity index (χ0n) is 12.8. The second-order valence-electron chi connectivity index (χ2n) is 6.07. The molecule has 1 aliphatic rings. The first-order valence-corrected chi connectivity index (χ1v) is 7.94. The van der Waals surface area contributed by atoms with Crippen LogP contribution in [-0.4, -0.2) is 13.2 Å². The molecule has 0 heterocycles. The van der Waals surface area contributed by atoms with Crippen molar-refractivity contribution in [2.24, 2.45) is 11.8 Å². The second-order valence-corrected chi connectivity index (χ2v) is 6.07. The predicted molar refractivity (Wildman–Crippen MR) is 86.3 cm³/mol. The average Bonchev–Trinajstić information content (AvgIpc) is 2.41. The fourth-order valence-corrected chi connectivity index (χ4v) is 3.01. The fourth-order valence-electron chi connectivity index (χ4n) is 3.01. The molecule has 0 amide bonds. The summed E-state index contributed by atoms with van der Waals surface area (Å²) in [6.07, 6.45) is 6.84. The molecule has 1 aliphatic carbocycles. The smallest absolute Gasteiger partial charge is 0.123 e. The Bertz CT molecular complexity index is 411. The number of nitrogens with one attached hydrogen (secondary N) is 1. The number of anilines is 2. The molecule has 2 rings (SSSR count). The summed E-state index contributed by atoms with van der Waals surface area (Å²) >= 11 is 0. The molecule has 3 heteroatoms. The Morgan fingerprint density at radius 3 is 2.65 bits per heavy atom. The Morgan fingerprint density at radius 1 is 1.20 bits per heavy atom. The number of rotatable bonds is 6. The topological polar surface area (TPSA) is 47.3 Å². The largest absolute Gasteiger partial charge is 0.494 e. The third kappa shape index (κ3) is 4.62. The summed E-state index contributed by atoms with van der Waals surface area (Å²) in [5, 5.41) is 3.48.